The van der Waals surface area contributed by atoms with E-state index in [9.17, 15) is 0 Å². The number of aliphatic imine (C=N–C) groups is 1. The molecular weight excluding hydrogens is 346 g/mol. The molecule has 1 aliphatic carbocycles. The third kappa shape index (κ3) is 8.43. The van der Waals surface area contributed by atoms with E-state index in [4.69, 9.17) is 9.47 Å². The number of hydrogen-bond acceptors (Lipinski definition) is 4. The van der Waals surface area contributed by atoms with Gasteiger partial charge in [-0.25, -0.2) is 0 Å². The summed E-state index contributed by atoms with van der Waals surface area (Å²) in [5, 5.41) is 6.76. The SMILES string of the molecule is CCCCOCCOCCNC(=NC)NCC1(Sc2ccccc2)CC1. The molecule has 5 nitrogen and oxygen atoms in total. The maximum absolute atomic E-state index is 5.57. The summed E-state index contributed by atoms with van der Waals surface area (Å²) in [4.78, 5) is 5.64. The summed E-state index contributed by atoms with van der Waals surface area (Å²) >= 11 is 1.97. The first-order valence-electron chi connectivity index (χ1n) is 9.62. The van der Waals surface area contributed by atoms with Crippen molar-refractivity contribution in [3.8, 4) is 0 Å². The van der Waals surface area contributed by atoms with E-state index in [0.717, 1.165) is 32.1 Å². The van der Waals surface area contributed by atoms with Crippen LogP contribution >= 0.6 is 11.8 Å². The van der Waals surface area contributed by atoms with Crippen LogP contribution in [0.1, 0.15) is 32.6 Å². The lowest BCUT2D eigenvalue weighted by molar-refractivity contribution is 0.0487. The first-order chi connectivity index (χ1) is 12.8. The van der Waals surface area contributed by atoms with Gasteiger partial charge in [0.15, 0.2) is 5.96 Å². The molecule has 0 aromatic heterocycles. The Kier molecular flexibility index (Phi) is 9.89. The molecule has 26 heavy (non-hydrogen) atoms. The quantitative estimate of drug-likeness (QED) is 0.313. The molecule has 0 aliphatic heterocycles. The lowest BCUT2D eigenvalue weighted by atomic mass is 10.4. The van der Waals surface area contributed by atoms with E-state index in [2.05, 4.69) is 52.9 Å². The highest BCUT2D eigenvalue weighted by Gasteiger charge is 2.43. The molecule has 0 heterocycles. The van der Waals surface area contributed by atoms with E-state index < -0.39 is 0 Å². The molecule has 1 aliphatic rings. The third-order valence-electron chi connectivity index (χ3n) is 4.24. The molecule has 1 fully saturated rings. The summed E-state index contributed by atoms with van der Waals surface area (Å²) < 4.78 is 11.4. The number of nitrogens with zero attached hydrogens (tertiary/aromatic N) is 1. The van der Waals surface area contributed by atoms with Gasteiger partial charge in [0.25, 0.3) is 0 Å². The van der Waals surface area contributed by atoms with Crippen molar-refractivity contribution in [3.05, 3.63) is 30.3 Å². The molecule has 1 aromatic rings. The van der Waals surface area contributed by atoms with Gasteiger partial charge in [-0.1, -0.05) is 31.5 Å². The maximum Gasteiger partial charge on any atom is 0.191 e. The summed E-state index contributed by atoms with van der Waals surface area (Å²) in [5.41, 5.74) is 0. The molecule has 6 heteroatoms. The minimum Gasteiger partial charge on any atom is -0.379 e. The van der Waals surface area contributed by atoms with Gasteiger partial charge in [0.05, 0.1) is 19.8 Å². The molecule has 0 unspecified atom stereocenters. The third-order valence-corrected chi connectivity index (χ3v) is 5.73. The monoisotopic (exact) mass is 379 g/mol. The van der Waals surface area contributed by atoms with E-state index in [1.54, 1.807) is 0 Å². The van der Waals surface area contributed by atoms with Crippen LogP contribution in [0.4, 0.5) is 0 Å². The van der Waals surface area contributed by atoms with Crippen molar-refractivity contribution in [2.75, 3.05) is 46.6 Å². The number of rotatable bonds is 13. The number of ether oxygens (including phenoxy) is 2. The first-order valence-corrected chi connectivity index (χ1v) is 10.4. The van der Waals surface area contributed by atoms with Gasteiger partial charge in [0, 0.05) is 36.4 Å². The fourth-order valence-electron chi connectivity index (χ4n) is 2.47. The van der Waals surface area contributed by atoms with Gasteiger partial charge in [-0.15, -0.1) is 11.8 Å². The molecule has 146 valence electrons. The van der Waals surface area contributed by atoms with Crippen LogP contribution in [0, 0.1) is 0 Å². The highest BCUT2D eigenvalue weighted by Crippen LogP contribution is 2.51. The average Bonchev–Trinajstić information content (AvgIpc) is 3.43. The van der Waals surface area contributed by atoms with Gasteiger partial charge in [-0.2, -0.15) is 0 Å². The van der Waals surface area contributed by atoms with Crippen molar-refractivity contribution >= 4 is 17.7 Å². The number of guanidine groups is 1. The summed E-state index contributed by atoms with van der Waals surface area (Å²) in [6, 6.07) is 10.6. The van der Waals surface area contributed by atoms with E-state index in [1.165, 1.54) is 24.2 Å². The van der Waals surface area contributed by atoms with Gasteiger partial charge in [0.2, 0.25) is 0 Å². The second-order valence-electron chi connectivity index (χ2n) is 6.53. The van der Waals surface area contributed by atoms with Gasteiger partial charge >= 0.3 is 0 Å². The summed E-state index contributed by atoms with van der Waals surface area (Å²) in [5.74, 6) is 0.840. The minimum atomic E-state index is 0.311. The van der Waals surface area contributed by atoms with Crippen LogP contribution < -0.4 is 10.6 Å². The molecular formula is C20H33N3O2S. The fraction of sp³-hybridized carbons (Fsp3) is 0.650. The molecule has 1 aromatic carbocycles. The van der Waals surface area contributed by atoms with Crippen LogP contribution in [0.5, 0.6) is 0 Å². The molecule has 0 saturated heterocycles. The van der Waals surface area contributed by atoms with Crippen molar-refractivity contribution in [2.24, 2.45) is 4.99 Å². The van der Waals surface area contributed by atoms with E-state index in [1.807, 2.05) is 18.8 Å². The van der Waals surface area contributed by atoms with Crippen LogP contribution in [0.3, 0.4) is 0 Å². The van der Waals surface area contributed by atoms with Gasteiger partial charge < -0.3 is 20.1 Å². The molecule has 1 saturated carbocycles. The summed E-state index contributed by atoms with van der Waals surface area (Å²) in [7, 11) is 1.81. The zero-order valence-electron chi connectivity index (χ0n) is 16.1. The average molecular weight is 380 g/mol. The van der Waals surface area contributed by atoms with Crippen LogP contribution in [0.15, 0.2) is 40.2 Å². The Hall–Kier alpha value is -1.24. The molecule has 0 bridgehead atoms. The second-order valence-corrected chi connectivity index (χ2v) is 8.07. The van der Waals surface area contributed by atoms with E-state index in [-0.39, 0.29) is 0 Å². The van der Waals surface area contributed by atoms with Crippen molar-refractivity contribution in [3.63, 3.8) is 0 Å². The fourth-order valence-corrected chi connectivity index (χ4v) is 3.71. The Balaban J connectivity index is 1.54. The summed E-state index contributed by atoms with van der Waals surface area (Å²) in [6.45, 7) is 6.64. The van der Waals surface area contributed by atoms with Gasteiger partial charge in [0.1, 0.15) is 0 Å². The van der Waals surface area contributed by atoms with Crippen LogP contribution in [0.2, 0.25) is 0 Å². The Bertz CT molecular complexity index is 521. The number of hydrogen-bond donors (Lipinski definition) is 2. The van der Waals surface area contributed by atoms with Gasteiger partial charge in [-0.3, -0.25) is 4.99 Å². The number of unbranched alkanes of at least 4 members (excludes halogenated alkanes) is 1. The van der Waals surface area contributed by atoms with Crippen molar-refractivity contribution in [1.29, 1.82) is 0 Å². The van der Waals surface area contributed by atoms with E-state index in [0.29, 0.717) is 24.6 Å². The predicted molar refractivity (Wildman–Crippen MR) is 110 cm³/mol. The van der Waals surface area contributed by atoms with Crippen molar-refractivity contribution in [1.82, 2.24) is 10.6 Å². The molecule has 0 spiro atoms. The number of nitrogens with one attached hydrogen (secondary N) is 2. The zero-order valence-corrected chi connectivity index (χ0v) is 16.9. The Morgan fingerprint density at radius 2 is 1.81 bits per heavy atom. The first kappa shape index (κ1) is 21.1. The largest absolute Gasteiger partial charge is 0.379 e. The molecule has 2 rings (SSSR count). The maximum atomic E-state index is 5.57. The number of thioether (sulfide) groups is 1. The topological polar surface area (TPSA) is 54.9 Å². The standard InChI is InChI=1S/C20H33N3O2S/c1-3-4-13-24-15-16-25-14-12-22-19(21-2)23-17-20(10-11-20)26-18-8-6-5-7-9-18/h5-9H,3-4,10-17H2,1-2H3,(H2,21,22,23). The second kappa shape index (κ2) is 12.2. The smallest absolute Gasteiger partial charge is 0.191 e. The van der Waals surface area contributed by atoms with Crippen LogP contribution in [0.25, 0.3) is 0 Å². The Morgan fingerprint density at radius 3 is 2.46 bits per heavy atom. The number of benzene rings is 1. The highest BCUT2D eigenvalue weighted by atomic mass is 32.2. The zero-order chi connectivity index (χ0) is 18.5. The normalized spacial score (nSPS) is 15.7. The van der Waals surface area contributed by atoms with Gasteiger partial charge in [-0.05, 0) is 31.4 Å². The van der Waals surface area contributed by atoms with Crippen molar-refractivity contribution in [2.45, 2.75) is 42.2 Å². The molecule has 0 amide bonds. The molecule has 0 atom stereocenters. The van der Waals surface area contributed by atoms with Crippen molar-refractivity contribution < 1.29 is 9.47 Å². The minimum absolute atomic E-state index is 0.311. The van der Waals surface area contributed by atoms with Crippen LogP contribution in [-0.4, -0.2) is 57.3 Å². The molecule has 2 N–H and O–H groups in total. The lowest BCUT2D eigenvalue weighted by Gasteiger charge is -2.18. The summed E-state index contributed by atoms with van der Waals surface area (Å²) in [6.07, 6.45) is 4.78. The highest BCUT2D eigenvalue weighted by molar-refractivity contribution is 8.01. The Morgan fingerprint density at radius 1 is 1.08 bits per heavy atom. The Labute approximate surface area is 162 Å². The van der Waals surface area contributed by atoms with E-state index >= 15 is 0 Å². The predicted octanol–water partition coefficient (Wildman–Crippen LogP) is 3.31. The molecule has 0 radical (unpaired) electrons. The van der Waals surface area contributed by atoms with Crippen LogP contribution in [-0.2, 0) is 9.47 Å². The lowest BCUT2D eigenvalue weighted by Crippen LogP contribution is -2.42.